The topological polar surface area (TPSA) is 59.4 Å². The number of fused-ring (bicyclic) bond motifs is 1. The summed E-state index contributed by atoms with van der Waals surface area (Å²) in [7, 11) is 0. The van der Waals surface area contributed by atoms with Crippen LogP contribution >= 0.6 is 0 Å². The smallest absolute Gasteiger partial charge is 0.322 e. The van der Waals surface area contributed by atoms with Gasteiger partial charge in [-0.15, -0.1) is 0 Å². The number of carbonyl (C=O) groups is 1. The highest BCUT2D eigenvalue weighted by atomic mass is 19.1. The lowest BCUT2D eigenvalue weighted by atomic mass is 10.1. The van der Waals surface area contributed by atoms with Crippen LogP contribution in [0.15, 0.2) is 48.7 Å². The molecule has 2 atom stereocenters. The summed E-state index contributed by atoms with van der Waals surface area (Å²) in [6, 6.07) is 12.0. The van der Waals surface area contributed by atoms with Crippen LogP contribution in [0.25, 0.3) is 10.9 Å². The summed E-state index contributed by atoms with van der Waals surface area (Å²) in [4.78, 5) is 14.6. The number of ether oxygens (including phenoxy) is 1. The van der Waals surface area contributed by atoms with E-state index in [9.17, 15) is 9.18 Å². The van der Waals surface area contributed by atoms with Gasteiger partial charge in [0.15, 0.2) is 0 Å². The zero-order valence-corrected chi connectivity index (χ0v) is 16.8. The van der Waals surface area contributed by atoms with Crippen LogP contribution in [0, 0.1) is 5.82 Å². The molecule has 6 nitrogen and oxygen atoms in total. The van der Waals surface area contributed by atoms with E-state index >= 15 is 0 Å². The normalized spacial score (nSPS) is 19.7. The summed E-state index contributed by atoms with van der Waals surface area (Å²) in [5.41, 5.74) is 2.48. The van der Waals surface area contributed by atoms with Crippen molar-refractivity contribution in [2.45, 2.75) is 39.0 Å². The number of hydrogen-bond acceptors (Lipinski definition) is 3. The largest absolute Gasteiger partial charge is 0.367 e. The third-order valence-corrected chi connectivity index (χ3v) is 5.09. The van der Waals surface area contributed by atoms with Crippen LogP contribution < -0.4 is 5.32 Å². The fourth-order valence-corrected chi connectivity index (χ4v) is 3.57. The van der Waals surface area contributed by atoms with Gasteiger partial charge in [-0.05, 0) is 56.7 Å². The fraction of sp³-hybridized carbons (Fsp3) is 0.364. The van der Waals surface area contributed by atoms with Crippen molar-refractivity contribution in [1.82, 2.24) is 14.7 Å². The molecule has 2 aromatic carbocycles. The molecule has 4 rings (SSSR count). The van der Waals surface area contributed by atoms with Gasteiger partial charge < -0.3 is 15.0 Å². The number of aromatic nitrogens is 2. The van der Waals surface area contributed by atoms with Crippen LogP contribution in [-0.2, 0) is 4.74 Å². The van der Waals surface area contributed by atoms with E-state index in [2.05, 4.69) is 24.3 Å². The molecule has 2 unspecified atom stereocenters. The Balaban J connectivity index is 1.48. The minimum absolute atomic E-state index is 0.115. The summed E-state index contributed by atoms with van der Waals surface area (Å²) < 4.78 is 21.1. The molecule has 1 N–H and O–H groups in total. The summed E-state index contributed by atoms with van der Waals surface area (Å²) in [5, 5.41) is 8.49. The zero-order valence-electron chi connectivity index (χ0n) is 16.8. The maximum atomic E-state index is 13.2. The molecular weight excluding hydrogens is 371 g/mol. The number of carbonyl (C=O) groups excluding carboxylic acids is 1. The van der Waals surface area contributed by atoms with Crippen molar-refractivity contribution in [2.24, 2.45) is 0 Å². The number of amides is 2. The number of rotatable bonds is 3. The van der Waals surface area contributed by atoms with E-state index < -0.39 is 0 Å². The molecule has 7 heteroatoms. The first kappa shape index (κ1) is 19.4. The molecular formula is C22H25FN4O2. The highest BCUT2D eigenvalue weighted by Gasteiger charge is 2.29. The van der Waals surface area contributed by atoms with Gasteiger partial charge in [0.05, 0.1) is 18.2 Å². The Morgan fingerprint density at radius 2 is 1.97 bits per heavy atom. The van der Waals surface area contributed by atoms with Gasteiger partial charge in [-0.3, -0.25) is 4.68 Å². The van der Waals surface area contributed by atoms with Crippen LogP contribution in [0.5, 0.6) is 0 Å². The fourth-order valence-electron chi connectivity index (χ4n) is 3.57. The second-order valence-corrected chi connectivity index (χ2v) is 7.80. The maximum Gasteiger partial charge on any atom is 0.322 e. The van der Waals surface area contributed by atoms with Crippen molar-refractivity contribution in [3.63, 3.8) is 0 Å². The number of hydrogen-bond donors (Lipinski definition) is 1. The summed E-state index contributed by atoms with van der Waals surface area (Å²) >= 11 is 0. The lowest BCUT2D eigenvalue weighted by Gasteiger charge is -2.37. The van der Waals surface area contributed by atoms with Gasteiger partial charge >= 0.3 is 6.03 Å². The molecule has 1 aliphatic rings. The van der Waals surface area contributed by atoms with Crippen LogP contribution in [0.2, 0.25) is 0 Å². The standard InChI is InChI=1S/C22H25FN4O2/c1-14(2)27-12-17-10-19(8-9-20(17)25-27)24-22(28)26-11-15(3)29-21(13-26)16-4-6-18(23)7-5-16/h4-10,12,14-15,21H,11,13H2,1-3H3,(H,24,28). The minimum atomic E-state index is -0.289. The SMILES string of the molecule is CC1CN(C(=O)Nc2ccc3nn(C(C)C)cc3c2)CC(c2ccc(F)cc2)O1. The van der Waals surface area contributed by atoms with E-state index in [1.54, 1.807) is 17.0 Å². The number of morpholine rings is 1. The minimum Gasteiger partial charge on any atom is -0.367 e. The monoisotopic (exact) mass is 396 g/mol. The van der Waals surface area contributed by atoms with E-state index in [1.165, 1.54) is 12.1 Å². The van der Waals surface area contributed by atoms with Crippen LogP contribution in [0.4, 0.5) is 14.9 Å². The Hall–Kier alpha value is -2.93. The molecule has 1 fully saturated rings. The number of nitrogens with zero attached hydrogens (tertiary/aromatic N) is 3. The first-order valence-corrected chi connectivity index (χ1v) is 9.85. The van der Waals surface area contributed by atoms with E-state index in [4.69, 9.17) is 4.74 Å². The van der Waals surface area contributed by atoms with Crippen molar-refractivity contribution >= 4 is 22.6 Å². The Kier molecular flexibility index (Phi) is 5.24. The molecule has 2 heterocycles. The molecule has 2 amide bonds. The van der Waals surface area contributed by atoms with Crippen LogP contribution in [-0.4, -0.2) is 39.9 Å². The lowest BCUT2D eigenvalue weighted by molar-refractivity contribution is -0.0642. The van der Waals surface area contributed by atoms with Crippen molar-refractivity contribution < 1.29 is 13.9 Å². The second kappa shape index (κ2) is 7.83. The first-order chi connectivity index (χ1) is 13.9. The van der Waals surface area contributed by atoms with Crippen LogP contribution in [0.3, 0.4) is 0 Å². The van der Waals surface area contributed by atoms with Gasteiger partial charge in [-0.2, -0.15) is 5.10 Å². The van der Waals surface area contributed by atoms with Crippen molar-refractivity contribution in [2.75, 3.05) is 18.4 Å². The quantitative estimate of drug-likeness (QED) is 0.695. The third kappa shape index (κ3) is 4.24. The molecule has 0 spiro atoms. The van der Waals surface area contributed by atoms with Gasteiger partial charge in [0.2, 0.25) is 0 Å². The third-order valence-electron chi connectivity index (χ3n) is 5.09. The molecule has 0 radical (unpaired) electrons. The number of nitrogens with one attached hydrogen (secondary N) is 1. The van der Waals surface area contributed by atoms with Crippen LogP contribution in [0.1, 0.15) is 38.5 Å². The predicted molar refractivity (Wildman–Crippen MR) is 110 cm³/mol. The predicted octanol–water partition coefficient (Wildman–Crippen LogP) is 4.75. The van der Waals surface area contributed by atoms with Crippen molar-refractivity contribution in [3.05, 3.63) is 60.0 Å². The van der Waals surface area contributed by atoms with E-state index in [0.717, 1.165) is 22.2 Å². The van der Waals surface area contributed by atoms with Crippen molar-refractivity contribution in [1.29, 1.82) is 0 Å². The Morgan fingerprint density at radius 1 is 1.21 bits per heavy atom. The highest BCUT2D eigenvalue weighted by Crippen LogP contribution is 2.26. The van der Waals surface area contributed by atoms with E-state index in [-0.39, 0.29) is 30.1 Å². The van der Waals surface area contributed by atoms with Gasteiger partial charge in [0.1, 0.15) is 11.9 Å². The molecule has 1 aliphatic heterocycles. The van der Waals surface area contributed by atoms with Crippen molar-refractivity contribution in [3.8, 4) is 0 Å². The number of benzene rings is 2. The Bertz CT molecular complexity index is 1020. The number of halogens is 1. The Labute approximate surface area is 169 Å². The second-order valence-electron chi connectivity index (χ2n) is 7.80. The molecule has 3 aromatic rings. The first-order valence-electron chi connectivity index (χ1n) is 9.85. The average molecular weight is 396 g/mol. The van der Waals surface area contributed by atoms with Gasteiger partial charge in [-0.1, -0.05) is 12.1 Å². The number of urea groups is 1. The molecule has 1 aromatic heterocycles. The van der Waals surface area contributed by atoms with Gasteiger partial charge in [0, 0.05) is 29.9 Å². The molecule has 0 aliphatic carbocycles. The summed E-state index contributed by atoms with van der Waals surface area (Å²) in [6.45, 7) is 6.99. The summed E-state index contributed by atoms with van der Waals surface area (Å²) in [6.07, 6.45) is 1.59. The summed E-state index contributed by atoms with van der Waals surface area (Å²) in [5.74, 6) is -0.289. The highest BCUT2D eigenvalue weighted by molar-refractivity contribution is 5.92. The lowest BCUT2D eigenvalue weighted by Crippen LogP contribution is -2.47. The van der Waals surface area contributed by atoms with Gasteiger partial charge in [0.25, 0.3) is 0 Å². The molecule has 152 valence electrons. The molecule has 0 saturated carbocycles. The molecule has 1 saturated heterocycles. The maximum absolute atomic E-state index is 13.2. The van der Waals surface area contributed by atoms with E-state index in [1.807, 2.05) is 36.0 Å². The zero-order chi connectivity index (χ0) is 20.5. The number of anilines is 1. The van der Waals surface area contributed by atoms with E-state index in [0.29, 0.717) is 13.1 Å². The molecule has 29 heavy (non-hydrogen) atoms. The Morgan fingerprint density at radius 3 is 2.69 bits per heavy atom. The average Bonchev–Trinajstić information content (AvgIpc) is 3.12. The molecule has 0 bridgehead atoms. The van der Waals surface area contributed by atoms with Gasteiger partial charge in [-0.25, -0.2) is 9.18 Å².